The molecule has 0 aliphatic carbocycles. The number of thioether (sulfide) groups is 1. The van der Waals surface area contributed by atoms with Crippen LogP contribution in [0, 0.1) is 0 Å². The average molecular weight is 488 g/mol. The van der Waals surface area contributed by atoms with Crippen LogP contribution in [0.25, 0.3) is 32.7 Å². The molecule has 170 valence electrons. The van der Waals surface area contributed by atoms with Gasteiger partial charge in [0.25, 0.3) is 5.56 Å². The first kappa shape index (κ1) is 22.2. The molecule has 1 aromatic carbocycles. The number of aromatic nitrogens is 5. The fourth-order valence-corrected chi connectivity index (χ4v) is 5.53. The quantitative estimate of drug-likeness (QED) is 0.118. The summed E-state index contributed by atoms with van der Waals surface area (Å²) in [5.74, 6) is 1.91. The van der Waals surface area contributed by atoms with Gasteiger partial charge >= 0.3 is 0 Å². The van der Waals surface area contributed by atoms with E-state index in [-0.39, 0.29) is 5.56 Å². The molecule has 4 aromatic heterocycles. The minimum Gasteiger partial charge on any atom is -0.339 e. The number of nitrogens with zero attached hydrogens (tertiary/aromatic N) is 5. The number of hydrogen-bond donors (Lipinski definition) is 0. The number of benzene rings is 1. The third kappa shape index (κ3) is 4.57. The zero-order chi connectivity index (χ0) is 23.3. The predicted octanol–water partition coefficient (Wildman–Crippen LogP) is 5.48. The monoisotopic (exact) mass is 487 g/mol. The van der Waals surface area contributed by atoms with E-state index in [9.17, 15) is 4.79 Å². The SMILES string of the molecule is C=CCn1c(SCCCc2nc(-c3ccncc3)no2)nc2scc(-c3ccccc3)c2c1=O. The average Bonchev–Trinajstić information content (AvgIpc) is 3.53. The molecule has 0 fully saturated rings. The summed E-state index contributed by atoms with van der Waals surface area (Å²) in [7, 11) is 0. The summed E-state index contributed by atoms with van der Waals surface area (Å²) < 4.78 is 7.08. The molecule has 5 rings (SSSR count). The highest BCUT2D eigenvalue weighted by Crippen LogP contribution is 2.32. The molecule has 0 atom stereocenters. The Kier molecular flexibility index (Phi) is 6.64. The molecular formula is C25H21N5O2S2. The molecule has 0 saturated heterocycles. The van der Waals surface area contributed by atoms with Gasteiger partial charge in [0.15, 0.2) is 5.16 Å². The second kappa shape index (κ2) is 10.1. The van der Waals surface area contributed by atoms with Gasteiger partial charge < -0.3 is 4.52 Å². The van der Waals surface area contributed by atoms with E-state index in [0.29, 0.717) is 35.2 Å². The van der Waals surface area contributed by atoms with Crippen LogP contribution in [0.4, 0.5) is 0 Å². The normalized spacial score (nSPS) is 11.2. The topological polar surface area (TPSA) is 86.7 Å². The predicted molar refractivity (Wildman–Crippen MR) is 136 cm³/mol. The molecule has 4 heterocycles. The maximum absolute atomic E-state index is 13.4. The molecule has 7 nitrogen and oxygen atoms in total. The van der Waals surface area contributed by atoms with Gasteiger partial charge in [0.1, 0.15) is 4.83 Å². The maximum atomic E-state index is 13.4. The van der Waals surface area contributed by atoms with E-state index in [1.165, 1.54) is 11.3 Å². The van der Waals surface area contributed by atoms with Crippen molar-refractivity contribution in [1.29, 1.82) is 0 Å². The molecule has 0 bridgehead atoms. The fraction of sp³-hybridized carbons (Fsp3) is 0.160. The molecule has 0 spiro atoms. The van der Waals surface area contributed by atoms with Gasteiger partial charge in [0, 0.05) is 47.6 Å². The summed E-state index contributed by atoms with van der Waals surface area (Å²) in [6.45, 7) is 4.23. The lowest BCUT2D eigenvalue weighted by Gasteiger charge is -2.10. The van der Waals surface area contributed by atoms with Gasteiger partial charge in [-0.2, -0.15) is 4.98 Å². The Labute approximate surface area is 204 Å². The zero-order valence-electron chi connectivity index (χ0n) is 18.3. The molecule has 0 N–H and O–H groups in total. The first-order valence-corrected chi connectivity index (χ1v) is 12.6. The number of rotatable bonds is 9. The standard InChI is InChI=1S/C25H21N5O2S2/c1-2-14-30-24(31)21-19(17-7-4-3-5-8-17)16-34-23(21)28-25(30)33-15-6-9-20-27-22(29-32-20)18-10-12-26-13-11-18/h2-5,7-8,10-13,16H,1,6,9,14-15H2. The van der Waals surface area contributed by atoms with Crippen molar-refractivity contribution in [2.24, 2.45) is 0 Å². The van der Waals surface area contributed by atoms with Crippen molar-refractivity contribution in [1.82, 2.24) is 24.7 Å². The molecular weight excluding hydrogens is 466 g/mol. The Morgan fingerprint density at radius 3 is 2.71 bits per heavy atom. The molecule has 0 unspecified atom stereocenters. The van der Waals surface area contributed by atoms with Gasteiger partial charge in [-0.15, -0.1) is 17.9 Å². The zero-order valence-corrected chi connectivity index (χ0v) is 19.9. The number of aryl methyl sites for hydroxylation is 1. The van der Waals surface area contributed by atoms with E-state index in [1.54, 1.807) is 34.8 Å². The lowest BCUT2D eigenvalue weighted by atomic mass is 10.1. The van der Waals surface area contributed by atoms with E-state index in [1.807, 2.05) is 47.8 Å². The number of pyridine rings is 1. The van der Waals surface area contributed by atoms with Crippen LogP contribution in [0.1, 0.15) is 12.3 Å². The first-order valence-electron chi connectivity index (χ1n) is 10.8. The van der Waals surface area contributed by atoms with Crippen molar-refractivity contribution in [3.63, 3.8) is 0 Å². The van der Waals surface area contributed by atoms with Crippen molar-refractivity contribution in [3.05, 3.63) is 89.1 Å². The van der Waals surface area contributed by atoms with Crippen molar-refractivity contribution in [2.75, 3.05) is 5.75 Å². The second-order valence-electron chi connectivity index (χ2n) is 7.49. The Hall–Kier alpha value is -3.56. The van der Waals surface area contributed by atoms with E-state index in [4.69, 9.17) is 9.51 Å². The van der Waals surface area contributed by atoms with E-state index in [0.717, 1.165) is 33.7 Å². The largest absolute Gasteiger partial charge is 0.339 e. The highest BCUT2D eigenvalue weighted by atomic mass is 32.2. The van der Waals surface area contributed by atoms with Crippen LogP contribution in [-0.2, 0) is 13.0 Å². The molecule has 0 radical (unpaired) electrons. The van der Waals surface area contributed by atoms with Gasteiger partial charge in [0.2, 0.25) is 11.7 Å². The van der Waals surface area contributed by atoms with Gasteiger partial charge in [-0.1, -0.05) is 53.3 Å². The summed E-state index contributed by atoms with van der Waals surface area (Å²) in [6.07, 6.45) is 6.59. The minimum absolute atomic E-state index is 0.0357. The molecule has 5 aromatic rings. The molecule has 0 amide bonds. The molecule has 0 saturated carbocycles. The van der Waals surface area contributed by atoms with Crippen LogP contribution in [0.3, 0.4) is 0 Å². The highest BCUT2D eigenvalue weighted by Gasteiger charge is 2.17. The number of thiophene rings is 1. The Balaban J connectivity index is 1.32. The summed E-state index contributed by atoms with van der Waals surface area (Å²) in [5, 5.41) is 7.42. The van der Waals surface area contributed by atoms with Crippen LogP contribution < -0.4 is 5.56 Å². The highest BCUT2D eigenvalue weighted by molar-refractivity contribution is 7.99. The third-order valence-corrected chi connectivity index (χ3v) is 7.16. The van der Waals surface area contributed by atoms with E-state index in [2.05, 4.69) is 21.7 Å². The third-order valence-electron chi connectivity index (χ3n) is 5.23. The van der Waals surface area contributed by atoms with Crippen LogP contribution in [0.15, 0.2) is 87.4 Å². The van der Waals surface area contributed by atoms with Gasteiger partial charge in [0.05, 0.1) is 5.39 Å². The first-order chi connectivity index (χ1) is 16.7. The van der Waals surface area contributed by atoms with Crippen molar-refractivity contribution in [2.45, 2.75) is 24.5 Å². The van der Waals surface area contributed by atoms with E-state index < -0.39 is 0 Å². The second-order valence-corrected chi connectivity index (χ2v) is 9.41. The van der Waals surface area contributed by atoms with Gasteiger partial charge in [-0.3, -0.25) is 14.3 Å². The number of fused-ring (bicyclic) bond motifs is 1. The van der Waals surface area contributed by atoms with Crippen molar-refractivity contribution in [3.8, 4) is 22.5 Å². The minimum atomic E-state index is -0.0357. The van der Waals surface area contributed by atoms with Gasteiger partial charge in [-0.25, -0.2) is 4.98 Å². The Bertz CT molecular complexity index is 1480. The smallest absolute Gasteiger partial charge is 0.263 e. The maximum Gasteiger partial charge on any atom is 0.263 e. The molecule has 34 heavy (non-hydrogen) atoms. The Morgan fingerprint density at radius 2 is 1.91 bits per heavy atom. The summed E-state index contributed by atoms with van der Waals surface area (Å²) >= 11 is 3.06. The summed E-state index contributed by atoms with van der Waals surface area (Å²) in [5.41, 5.74) is 2.78. The van der Waals surface area contributed by atoms with Gasteiger partial charge in [-0.05, 0) is 24.1 Å². The van der Waals surface area contributed by atoms with E-state index >= 15 is 0 Å². The lowest BCUT2D eigenvalue weighted by Crippen LogP contribution is -2.22. The summed E-state index contributed by atoms with van der Waals surface area (Å²) in [4.78, 5) is 27.5. The lowest BCUT2D eigenvalue weighted by molar-refractivity contribution is 0.378. The van der Waals surface area contributed by atoms with Crippen molar-refractivity contribution >= 4 is 33.3 Å². The van der Waals surface area contributed by atoms with Crippen LogP contribution >= 0.6 is 23.1 Å². The Morgan fingerprint density at radius 1 is 1.09 bits per heavy atom. The number of allylic oxidation sites excluding steroid dienone is 1. The van der Waals surface area contributed by atoms with Crippen molar-refractivity contribution < 1.29 is 4.52 Å². The summed E-state index contributed by atoms with van der Waals surface area (Å²) in [6, 6.07) is 13.6. The molecule has 0 aliphatic rings. The number of hydrogen-bond acceptors (Lipinski definition) is 8. The van der Waals surface area contributed by atoms with Crippen LogP contribution in [0.5, 0.6) is 0 Å². The van der Waals surface area contributed by atoms with Crippen LogP contribution in [0.2, 0.25) is 0 Å². The molecule has 0 aliphatic heterocycles. The molecule has 9 heteroatoms. The fourth-order valence-electron chi connectivity index (χ4n) is 3.60. The van der Waals surface area contributed by atoms with Crippen LogP contribution in [-0.4, -0.2) is 30.4 Å².